The maximum absolute atomic E-state index is 9.53. The molecule has 1 aliphatic rings. The van der Waals surface area contributed by atoms with Crippen molar-refractivity contribution in [1.29, 1.82) is 0 Å². The van der Waals surface area contributed by atoms with E-state index in [1.165, 1.54) is 11.1 Å². The highest BCUT2D eigenvalue weighted by atomic mass is 16.5. The van der Waals surface area contributed by atoms with Crippen LogP contribution in [0.2, 0.25) is 0 Å². The van der Waals surface area contributed by atoms with Gasteiger partial charge in [-0.25, -0.2) is 0 Å². The maximum Gasteiger partial charge on any atom is 0.121 e. The molecule has 1 unspecified atom stereocenters. The molecular weight excluding hydrogens is 250 g/mol. The van der Waals surface area contributed by atoms with Crippen LogP contribution >= 0.6 is 0 Å². The van der Waals surface area contributed by atoms with Gasteiger partial charge in [0.05, 0.1) is 12.6 Å². The van der Waals surface area contributed by atoms with Crippen molar-refractivity contribution in [3.63, 3.8) is 0 Å². The Morgan fingerprint density at radius 3 is 3.00 bits per heavy atom. The Kier molecular flexibility index (Phi) is 3.50. The molecule has 3 heteroatoms. The first-order valence-electron chi connectivity index (χ1n) is 7.07. The fraction of sp³-hybridized carbons (Fsp3) is 0.294. The smallest absolute Gasteiger partial charge is 0.121 e. The highest BCUT2D eigenvalue weighted by molar-refractivity contribution is 5.52. The van der Waals surface area contributed by atoms with Crippen molar-refractivity contribution in [3.8, 4) is 11.5 Å². The molecule has 0 bridgehead atoms. The molecule has 1 atom stereocenters. The number of hydrogen-bond acceptors (Lipinski definition) is 3. The van der Waals surface area contributed by atoms with E-state index in [2.05, 4.69) is 11.4 Å². The summed E-state index contributed by atoms with van der Waals surface area (Å²) in [6, 6.07) is 14.0. The summed E-state index contributed by atoms with van der Waals surface area (Å²) in [5.74, 6) is 1.24. The second kappa shape index (κ2) is 5.45. The maximum atomic E-state index is 9.53. The van der Waals surface area contributed by atoms with Gasteiger partial charge in [-0.2, -0.15) is 0 Å². The number of phenols is 1. The van der Waals surface area contributed by atoms with Crippen LogP contribution < -0.4 is 10.1 Å². The Bertz CT molecular complexity index is 610. The summed E-state index contributed by atoms with van der Waals surface area (Å²) in [5, 5.41) is 13.1. The molecule has 0 spiro atoms. The normalized spacial score (nSPS) is 16.8. The van der Waals surface area contributed by atoms with E-state index in [0.717, 1.165) is 24.3 Å². The third kappa shape index (κ3) is 2.57. The van der Waals surface area contributed by atoms with Gasteiger partial charge in [0.25, 0.3) is 0 Å². The molecule has 0 saturated heterocycles. The number of ether oxygens (including phenoxy) is 1. The highest BCUT2D eigenvalue weighted by Crippen LogP contribution is 2.36. The zero-order chi connectivity index (χ0) is 13.9. The molecule has 0 radical (unpaired) electrons. The number of aryl methyl sites for hydroxylation is 1. The number of hydrogen-bond donors (Lipinski definition) is 2. The van der Waals surface area contributed by atoms with Gasteiger partial charge >= 0.3 is 0 Å². The lowest BCUT2D eigenvalue weighted by molar-refractivity contribution is 0.340. The molecule has 2 aromatic carbocycles. The second-order valence-electron chi connectivity index (χ2n) is 5.08. The van der Waals surface area contributed by atoms with Crippen molar-refractivity contribution in [3.05, 3.63) is 53.6 Å². The second-order valence-corrected chi connectivity index (χ2v) is 5.08. The van der Waals surface area contributed by atoms with E-state index in [-0.39, 0.29) is 0 Å². The van der Waals surface area contributed by atoms with Gasteiger partial charge < -0.3 is 15.2 Å². The van der Waals surface area contributed by atoms with Crippen LogP contribution in [0.1, 0.15) is 30.5 Å². The van der Waals surface area contributed by atoms with E-state index in [1.807, 2.05) is 37.3 Å². The zero-order valence-electron chi connectivity index (χ0n) is 11.6. The number of phenolic OH excluding ortho intramolecular Hbond substituents is 1. The Hall–Kier alpha value is -2.16. The van der Waals surface area contributed by atoms with E-state index >= 15 is 0 Å². The van der Waals surface area contributed by atoms with E-state index in [0.29, 0.717) is 18.4 Å². The van der Waals surface area contributed by atoms with Gasteiger partial charge in [0.15, 0.2) is 0 Å². The zero-order valence-corrected chi connectivity index (χ0v) is 11.6. The average Bonchev–Trinajstić information content (AvgIpc) is 2.82. The quantitative estimate of drug-likeness (QED) is 0.884. The molecule has 0 heterocycles. The molecule has 3 nitrogen and oxygen atoms in total. The predicted molar refractivity (Wildman–Crippen MR) is 80.4 cm³/mol. The molecule has 1 aliphatic carbocycles. The summed E-state index contributed by atoms with van der Waals surface area (Å²) in [6.45, 7) is 2.66. The van der Waals surface area contributed by atoms with Gasteiger partial charge in [-0.05, 0) is 55.2 Å². The number of nitrogens with one attached hydrogen (secondary N) is 1. The summed E-state index contributed by atoms with van der Waals surface area (Å²) in [6.07, 6.45) is 2.06. The summed E-state index contributed by atoms with van der Waals surface area (Å²) < 4.78 is 5.52. The van der Waals surface area contributed by atoms with E-state index in [4.69, 9.17) is 4.74 Å². The lowest BCUT2D eigenvalue weighted by Crippen LogP contribution is -2.07. The largest absolute Gasteiger partial charge is 0.508 e. The SMILES string of the molecule is CCOc1cccc(NC2CCc3cc(O)ccc32)c1. The van der Waals surface area contributed by atoms with Gasteiger partial charge in [-0.1, -0.05) is 12.1 Å². The summed E-state index contributed by atoms with van der Waals surface area (Å²) in [7, 11) is 0. The molecule has 20 heavy (non-hydrogen) atoms. The number of fused-ring (bicyclic) bond motifs is 1. The lowest BCUT2D eigenvalue weighted by Gasteiger charge is -2.16. The Balaban J connectivity index is 1.78. The molecule has 0 aromatic heterocycles. The fourth-order valence-electron chi connectivity index (χ4n) is 2.80. The Morgan fingerprint density at radius 1 is 1.25 bits per heavy atom. The van der Waals surface area contributed by atoms with Crippen LogP contribution in [0.25, 0.3) is 0 Å². The summed E-state index contributed by atoms with van der Waals surface area (Å²) >= 11 is 0. The van der Waals surface area contributed by atoms with Gasteiger partial charge in [-0.15, -0.1) is 0 Å². The van der Waals surface area contributed by atoms with Crippen LogP contribution in [0, 0.1) is 0 Å². The van der Waals surface area contributed by atoms with Gasteiger partial charge in [-0.3, -0.25) is 0 Å². The highest BCUT2D eigenvalue weighted by Gasteiger charge is 2.22. The molecule has 0 fully saturated rings. The van der Waals surface area contributed by atoms with E-state index in [9.17, 15) is 5.11 Å². The van der Waals surface area contributed by atoms with Crippen molar-refractivity contribution >= 4 is 5.69 Å². The minimum Gasteiger partial charge on any atom is -0.508 e. The number of benzene rings is 2. The molecule has 2 aromatic rings. The van der Waals surface area contributed by atoms with E-state index < -0.39 is 0 Å². The van der Waals surface area contributed by atoms with Crippen molar-refractivity contribution in [2.24, 2.45) is 0 Å². The van der Waals surface area contributed by atoms with Crippen LogP contribution in [0.5, 0.6) is 11.5 Å². The molecule has 104 valence electrons. The van der Waals surface area contributed by atoms with Crippen molar-refractivity contribution in [1.82, 2.24) is 0 Å². The van der Waals surface area contributed by atoms with Crippen molar-refractivity contribution in [2.45, 2.75) is 25.8 Å². The minimum absolute atomic E-state index is 0.308. The molecule has 0 saturated carbocycles. The predicted octanol–water partition coefficient (Wildman–Crippen LogP) is 3.89. The third-order valence-electron chi connectivity index (χ3n) is 3.69. The first-order chi connectivity index (χ1) is 9.76. The molecule has 0 amide bonds. The van der Waals surface area contributed by atoms with Crippen LogP contribution in [0.15, 0.2) is 42.5 Å². The van der Waals surface area contributed by atoms with Gasteiger partial charge in [0, 0.05) is 11.8 Å². The van der Waals surface area contributed by atoms with E-state index in [1.54, 1.807) is 6.07 Å². The monoisotopic (exact) mass is 269 g/mol. The average molecular weight is 269 g/mol. The molecule has 0 aliphatic heterocycles. The number of rotatable bonds is 4. The Labute approximate surface area is 119 Å². The third-order valence-corrected chi connectivity index (χ3v) is 3.69. The first-order valence-corrected chi connectivity index (χ1v) is 7.07. The standard InChI is InChI=1S/C17H19NO2/c1-2-20-15-5-3-4-13(11-15)18-17-9-6-12-10-14(19)7-8-16(12)17/h3-5,7-8,10-11,17-19H,2,6,9H2,1H3. The van der Waals surface area contributed by atoms with Crippen LogP contribution in [0.4, 0.5) is 5.69 Å². The molecule has 2 N–H and O–H groups in total. The van der Waals surface area contributed by atoms with Crippen LogP contribution in [-0.4, -0.2) is 11.7 Å². The molecular formula is C17H19NO2. The number of anilines is 1. The lowest BCUT2D eigenvalue weighted by atomic mass is 10.1. The van der Waals surface area contributed by atoms with Crippen molar-refractivity contribution in [2.75, 3.05) is 11.9 Å². The summed E-state index contributed by atoms with van der Waals surface area (Å²) in [4.78, 5) is 0. The van der Waals surface area contributed by atoms with Crippen LogP contribution in [0.3, 0.4) is 0 Å². The fourth-order valence-corrected chi connectivity index (χ4v) is 2.80. The summed E-state index contributed by atoms with van der Waals surface area (Å²) in [5.41, 5.74) is 3.59. The van der Waals surface area contributed by atoms with Gasteiger partial charge in [0.1, 0.15) is 11.5 Å². The first kappa shape index (κ1) is 12.9. The Morgan fingerprint density at radius 2 is 2.15 bits per heavy atom. The van der Waals surface area contributed by atoms with Crippen molar-refractivity contribution < 1.29 is 9.84 Å². The molecule has 3 rings (SSSR count). The number of aromatic hydroxyl groups is 1. The van der Waals surface area contributed by atoms with Crippen LogP contribution in [-0.2, 0) is 6.42 Å². The minimum atomic E-state index is 0.308. The van der Waals surface area contributed by atoms with Gasteiger partial charge in [0.2, 0.25) is 0 Å². The topological polar surface area (TPSA) is 41.5 Å².